The van der Waals surface area contributed by atoms with Crippen LogP contribution in [0.4, 0.5) is 0 Å². The second kappa shape index (κ2) is 6.42. The van der Waals surface area contributed by atoms with Crippen LogP contribution in [0, 0.1) is 5.92 Å². The summed E-state index contributed by atoms with van der Waals surface area (Å²) in [6.45, 7) is 4.53. The first kappa shape index (κ1) is 13.7. The Hall–Kier alpha value is -0.320. The summed E-state index contributed by atoms with van der Waals surface area (Å²) in [6.07, 6.45) is 3.12. The molecule has 2 heterocycles. The Morgan fingerprint density at radius 3 is 2.88 bits per heavy atom. The van der Waals surface area contributed by atoms with Crippen LogP contribution in [0.3, 0.4) is 0 Å². The van der Waals surface area contributed by atoms with Gasteiger partial charge >= 0.3 is 0 Å². The first-order valence-electron chi connectivity index (χ1n) is 5.89. The van der Waals surface area contributed by atoms with Crippen molar-refractivity contribution in [2.75, 3.05) is 19.8 Å². The lowest BCUT2D eigenvalue weighted by atomic mass is 9.98. The summed E-state index contributed by atoms with van der Waals surface area (Å²) in [5.41, 5.74) is 0. The molecule has 0 radical (unpaired) electrons. The molecular formula is C11H21ClN2O2. The maximum atomic E-state index is 11.8. The fourth-order valence-electron chi connectivity index (χ4n) is 2.28. The molecule has 2 aliphatic rings. The number of halogens is 1. The van der Waals surface area contributed by atoms with E-state index in [2.05, 4.69) is 17.6 Å². The number of rotatable bonds is 2. The van der Waals surface area contributed by atoms with E-state index in [-0.39, 0.29) is 24.2 Å². The second-order valence-electron chi connectivity index (χ2n) is 4.56. The number of amides is 1. The van der Waals surface area contributed by atoms with Crippen LogP contribution in [0.25, 0.3) is 0 Å². The van der Waals surface area contributed by atoms with Crippen molar-refractivity contribution in [3.05, 3.63) is 0 Å². The molecule has 0 saturated carbocycles. The average Bonchev–Trinajstić information content (AvgIpc) is 2.74. The fourth-order valence-corrected chi connectivity index (χ4v) is 2.28. The van der Waals surface area contributed by atoms with Gasteiger partial charge in [-0.2, -0.15) is 0 Å². The Morgan fingerprint density at radius 1 is 1.44 bits per heavy atom. The van der Waals surface area contributed by atoms with Crippen LogP contribution in [-0.2, 0) is 9.53 Å². The molecule has 2 N–H and O–H groups in total. The Kier molecular flexibility index (Phi) is 5.52. The topological polar surface area (TPSA) is 50.4 Å². The third kappa shape index (κ3) is 3.34. The van der Waals surface area contributed by atoms with E-state index in [0.29, 0.717) is 18.7 Å². The number of hydrogen-bond acceptors (Lipinski definition) is 3. The molecule has 0 aromatic carbocycles. The molecule has 2 aliphatic heterocycles. The Morgan fingerprint density at radius 2 is 2.25 bits per heavy atom. The maximum absolute atomic E-state index is 11.8. The van der Waals surface area contributed by atoms with E-state index in [9.17, 15) is 4.79 Å². The van der Waals surface area contributed by atoms with Gasteiger partial charge in [-0.25, -0.2) is 0 Å². The van der Waals surface area contributed by atoms with Crippen molar-refractivity contribution >= 4 is 18.3 Å². The highest BCUT2D eigenvalue weighted by Crippen LogP contribution is 2.14. The molecule has 1 amide bonds. The highest BCUT2D eigenvalue weighted by molar-refractivity contribution is 5.85. The normalized spacial score (nSPS) is 34.2. The van der Waals surface area contributed by atoms with Gasteiger partial charge in [-0.15, -0.1) is 12.4 Å². The second-order valence-corrected chi connectivity index (χ2v) is 4.56. The van der Waals surface area contributed by atoms with Crippen molar-refractivity contribution in [1.82, 2.24) is 10.6 Å². The van der Waals surface area contributed by atoms with Gasteiger partial charge in [0.15, 0.2) is 0 Å². The molecule has 4 nitrogen and oxygen atoms in total. The fraction of sp³-hybridized carbons (Fsp3) is 0.909. The zero-order valence-electron chi connectivity index (χ0n) is 9.70. The van der Waals surface area contributed by atoms with Gasteiger partial charge < -0.3 is 15.4 Å². The molecule has 0 aliphatic carbocycles. The van der Waals surface area contributed by atoms with Crippen LogP contribution in [-0.4, -0.2) is 37.7 Å². The van der Waals surface area contributed by atoms with E-state index in [1.807, 2.05) is 0 Å². The lowest BCUT2D eigenvalue weighted by Crippen LogP contribution is -2.53. The molecule has 5 heteroatoms. The Labute approximate surface area is 103 Å². The minimum absolute atomic E-state index is 0. The van der Waals surface area contributed by atoms with Crippen molar-refractivity contribution in [2.24, 2.45) is 5.92 Å². The molecular weight excluding hydrogens is 228 g/mol. The molecule has 16 heavy (non-hydrogen) atoms. The summed E-state index contributed by atoms with van der Waals surface area (Å²) in [5.74, 6) is 0.257. The lowest BCUT2D eigenvalue weighted by molar-refractivity contribution is -0.126. The van der Waals surface area contributed by atoms with Gasteiger partial charge in [-0.05, 0) is 32.7 Å². The predicted octanol–water partition coefficient (Wildman–Crippen LogP) is 0.701. The van der Waals surface area contributed by atoms with Gasteiger partial charge in [-0.3, -0.25) is 4.79 Å². The van der Waals surface area contributed by atoms with E-state index >= 15 is 0 Å². The average molecular weight is 249 g/mol. The van der Waals surface area contributed by atoms with Gasteiger partial charge in [0.1, 0.15) is 0 Å². The molecule has 2 saturated heterocycles. The molecule has 0 spiro atoms. The summed E-state index contributed by atoms with van der Waals surface area (Å²) in [6, 6.07) is 0.692. The zero-order chi connectivity index (χ0) is 10.7. The van der Waals surface area contributed by atoms with Gasteiger partial charge in [-0.1, -0.05) is 0 Å². The van der Waals surface area contributed by atoms with E-state index < -0.39 is 0 Å². The summed E-state index contributed by atoms with van der Waals surface area (Å²) in [7, 11) is 0. The summed E-state index contributed by atoms with van der Waals surface area (Å²) < 4.78 is 5.22. The minimum Gasteiger partial charge on any atom is -0.381 e. The van der Waals surface area contributed by atoms with E-state index in [1.54, 1.807) is 0 Å². The highest BCUT2D eigenvalue weighted by Gasteiger charge is 2.28. The number of carbonyl (C=O) groups excluding carboxylic acids is 1. The lowest BCUT2D eigenvalue weighted by Gasteiger charge is -2.31. The number of piperidine rings is 1. The van der Waals surface area contributed by atoms with Crippen LogP contribution < -0.4 is 10.6 Å². The van der Waals surface area contributed by atoms with Crippen LogP contribution in [0.2, 0.25) is 0 Å². The largest absolute Gasteiger partial charge is 0.381 e. The first-order chi connectivity index (χ1) is 7.27. The first-order valence-corrected chi connectivity index (χ1v) is 5.89. The van der Waals surface area contributed by atoms with Gasteiger partial charge in [0.25, 0.3) is 0 Å². The molecule has 3 unspecified atom stereocenters. The van der Waals surface area contributed by atoms with Gasteiger partial charge in [0, 0.05) is 18.7 Å². The Bertz CT molecular complexity index is 232. The number of ether oxygens (including phenoxy) is 1. The Balaban J connectivity index is 0.00000128. The van der Waals surface area contributed by atoms with Gasteiger partial charge in [0.2, 0.25) is 5.91 Å². The van der Waals surface area contributed by atoms with E-state index in [0.717, 1.165) is 32.4 Å². The summed E-state index contributed by atoms with van der Waals surface area (Å²) in [4.78, 5) is 11.8. The van der Waals surface area contributed by atoms with Crippen LogP contribution >= 0.6 is 12.4 Å². The van der Waals surface area contributed by atoms with Crippen molar-refractivity contribution < 1.29 is 9.53 Å². The molecule has 0 aromatic rings. The molecule has 0 aromatic heterocycles. The molecule has 2 fully saturated rings. The molecule has 0 bridgehead atoms. The van der Waals surface area contributed by atoms with Crippen molar-refractivity contribution in [2.45, 2.75) is 38.3 Å². The van der Waals surface area contributed by atoms with E-state index in [4.69, 9.17) is 4.74 Å². The van der Waals surface area contributed by atoms with Crippen LogP contribution in [0.5, 0.6) is 0 Å². The zero-order valence-corrected chi connectivity index (χ0v) is 10.5. The van der Waals surface area contributed by atoms with Crippen molar-refractivity contribution in [1.29, 1.82) is 0 Å². The minimum atomic E-state index is 0. The molecule has 3 atom stereocenters. The number of nitrogens with one attached hydrogen (secondary N) is 2. The quantitative estimate of drug-likeness (QED) is 0.757. The third-order valence-electron chi connectivity index (χ3n) is 3.39. The standard InChI is InChI=1S/C11H20N2O2.ClH/c1-8-10(3-2-5-12-8)13-11(14)9-4-6-15-7-9;/h8-10,12H,2-7H2,1H3,(H,13,14);1H. The third-order valence-corrected chi connectivity index (χ3v) is 3.39. The van der Waals surface area contributed by atoms with E-state index in [1.165, 1.54) is 0 Å². The smallest absolute Gasteiger partial charge is 0.225 e. The predicted molar refractivity (Wildman–Crippen MR) is 64.8 cm³/mol. The molecule has 94 valence electrons. The van der Waals surface area contributed by atoms with Crippen molar-refractivity contribution in [3.8, 4) is 0 Å². The highest BCUT2D eigenvalue weighted by atomic mass is 35.5. The SMILES string of the molecule is CC1NCCCC1NC(=O)C1CCOC1.Cl. The number of carbonyl (C=O) groups is 1. The number of hydrogen-bond donors (Lipinski definition) is 2. The monoisotopic (exact) mass is 248 g/mol. The van der Waals surface area contributed by atoms with Gasteiger partial charge in [0.05, 0.1) is 12.5 Å². The summed E-state index contributed by atoms with van der Waals surface area (Å²) >= 11 is 0. The van der Waals surface area contributed by atoms with Crippen LogP contribution in [0.15, 0.2) is 0 Å². The molecule has 2 rings (SSSR count). The van der Waals surface area contributed by atoms with Crippen molar-refractivity contribution in [3.63, 3.8) is 0 Å². The van der Waals surface area contributed by atoms with Crippen LogP contribution in [0.1, 0.15) is 26.2 Å². The summed E-state index contributed by atoms with van der Waals surface area (Å²) in [5, 5.41) is 6.51. The maximum Gasteiger partial charge on any atom is 0.225 e.